The third kappa shape index (κ3) is 3.58. The van der Waals surface area contributed by atoms with Crippen LogP contribution in [0.15, 0.2) is 24.3 Å². The minimum atomic E-state index is 0.00745. The molecule has 0 saturated heterocycles. The zero-order chi connectivity index (χ0) is 24.7. The van der Waals surface area contributed by atoms with Crippen LogP contribution in [0.25, 0.3) is 41.6 Å². The van der Waals surface area contributed by atoms with Gasteiger partial charge in [0.15, 0.2) is 0 Å². The van der Waals surface area contributed by atoms with E-state index in [1.807, 2.05) is 22.7 Å². The largest absolute Gasteiger partial charge is 0.249 e. The van der Waals surface area contributed by atoms with Gasteiger partial charge in [-0.2, -0.15) is 0 Å². The molecule has 0 radical (unpaired) electrons. The Kier molecular flexibility index (Phi) is 5.24. The molecule has 0 atom stereocenters. The Hall–Kier alpha value is -2.30. The Labute approximate surface area is 211 Å². The lowest BCUT2D eigenvalue weighted by Gasteiger charge is -2.22. The number of aryl methyl sites for hydroxylation is 4. The highest BCUT2D eigenvalue weighted by atomic mass is 32.1. The van der Waals surface area contributed by atoms with E-state index < -0.39 is 0 Å². The lowest BCUT2D eigenvalue weighted by molar-refractivity contribution is 0.594. The maximum atomic E-state index is 5.08. The number of nitrogens with zero attached hydrogens (tertiary/aromatic N) is 2. The zero-order valence-corrected chi connectivity index (χ0v) is 23.7. The first-order valence-corrected chi connectivity index (χ1v) is 13.7. The Bertz CT molecular complexity index is 1600. The first kappa shape index (κ1) is 23.4. The van der Waals surface area contributed by atoms with Crippen LogP contribution < -0.4 is 0 Å². The van der Waals surface area contributed by atoms with Crippen LogP contribution in [0.4, 0.5) is 0 Å². The van der Waals surface area contributed by atoms with Gasteiger partial charge in [0.2, 0.25) is 0 Å². The highest BCUT2D eigenvalue weighted by molar-refractivity contribution is 7.29. The molecule has 34 heavy (non-hydrogen) atoms. The van der Waals surface area contributed by atoms with Gasteiger partial charge in [0.05, 0.1) is 31.8 Å². The standard InChI is InChI=1S/C30H34N2S2/c1-15-16(2)21-14-24(30(8,9)10)34-28(21)27-20(15)13-23(33-27)19-11-12-22(29(5,6)7)26-25(19)31-17(3)18(4)32-26/h11-14H,1-10H3. The molecule has 0 saturated carbocycles. The van der Waals surface area contributed by atoms with Gasteiger partial charge in [-0.25, -0.2) is 9.97 Å². The number of hydrogen-bond acceptors (Lipinski definition) is 4. The molecule has 4 heteroatoms. The molecule has 0 aliphatic heterocycles. The highest BCUT2D eigenvalue weighted by Crippen LogP contribution is 2.47. The lowest BCUT2D eigenvalue weighted by atomic mass is 9.85. The van der Waals surface area contributed by atoms with Crippen molar-refractivity contribution in [2.75, 3.05) is 0 Å². The lowest BCUT2D eigenvalue weighted by Crippen LogP contribution is -2.13. The van der Waals surface area contributed by atoms with E-state index in [1.165, 1.54) is 52.2 Å². The number of aromatic nitrogens is 2. The fourth-order valence-corrected chi connectivity index (χ4v) is 7.36. The maximum absolute atomic E-state index is 5.08. The van der Waals surface area contributed by atoms with Gasteiger partial charge in [0.25, 0.3) is 0 Å². The van der Waals surface area contributed by atoms with Crippen LogP contribution in [0, 0.1) is 27.7 Å². The fourth-order valence-electron chi connectivity index (χ4n) is 4.69. The predicted octanol–water partition coefficient (Wildman–Crippen LogP) is 9.55. The number of rotatable bonds is 1. The monoisotopic (exact) mass is 486 g/mol. The van der Waals surface area contributed by atoms with Crippen LogP contribution in [-0.4, -0.2) is 9.97 Å². The molecule has 176 valence electrons. The molecule has 2 nitrogen and oxygen atoms in total. The topological polar surface area (TPSA) is 25.8 Å². The second-order valence-electron chi connectivity index (χ2n) is 11.7. The van der Waals surface area contributed by atoms with Crippen molar-refractivity contribution in [2.24, 2.45) is 0 Å². The molecular formula is C30H34N2S2. The van der Waals surface area contributed by atoms with Gasteiger partial charge in [0, 0.05) is 15.3 Å². The molecule has 2 aromatic carbocycles. The average Bonchev–Trinajstić information content (AvgIpc) is 3.36. The van der Waals surface area contributed by atoms with Crippen molar-refractivity contribution in [2.45, 2.75) is 80.1 Å². The second kappa shape index (κ2) is 7.60. The van der Waals surface area contributed by atoms with Crippen LogP contribution >= 0.6 is 22.7 Å². The Morgan fingerprint density at radius 2 is 1.21 bits per heavy atom. The van der Waals surface area contributed by atoms with Crippen LogP contribution in [0.1, 0.15) is 74.5 Å². The summed E-state index contributed by atoms with van der Waals surface area (Å²) in [6, 6.07) is 9.35. The Balaban J connectivity index is 1.84. The van der Waals surface area contributed by atoms with Crippen LogP contribution in [0.3, 0.4) is 0 Å². The molecule has 5 aromatic rings. The summed E-state index contributed by atoms with van der Waals surface area (Å²) in [5, 5.41) is 2.78. The van der Waals surface area contributed by atoms with Crippen LogP contribution in [0.2, 0.25) is 0 Å². The summed E-state index contributed by atoms with van der Waals surface area (Å²) in [5.41, 5.74) is 9.46. The summed E-state index contributed by atoms with van der Waals surface area (Å²) in [6.07, 6.45) is 0. The van der Waals surface area contributed by atoms with Gasteiger partial charge in [-0.15, -0.1) is 22.7 Å². The summed E-state index contributed by atoms with van der Waals surface area (Å²) >= 11 is 3.87. The molecule has 3 aromatic heterocycles. The van der Waals surface area contributed by atoms with Gasteiger partial charge in [-0.05, 0) is 78.1 Å². The predicted molar refractivity (Wildman–Crippen MR) is 152 cm³/mol. The van der Waals surface area contributed by atoms with Crippen molar-refractivity contribution in [3.05, 3.63) is 57.2 Å². The van der Waals surface area contributed by atoms with E-state index >= 15 is 0 Å². The van der Waals surface area contributed by atoms with E-state index in [2.05, 4.69) is 93.5 Å². The number of benzene rings is 2. The molecular weight excluding hydrogens is 452 g/mol. The van der Waals surface area contributed by atoms with Crippen LogP contribution in [-0.2, 0) is 10.8 Å². The Morgan fingerprint density at radius 1 is 0.647 bits per heavy atom. The van der Waals surface area contributed by atoms with Crippen molar-refractivity contribution in [3.8, 4) is 10.4 Å². The van der Waals surface area contributed by atoms with E-state index in [9.17, 15) is 0 Å². The first-order valence-electron chi connectivity index (χ1n) is 12.0. The molecule has 0 unspecified atom stereocenters. The van der Waals surface area contributed by atoms with Crippen molar-refractivity contribution in [3.63, 3.8) is 0 Å². The third-order valence-electron chi connectivity index (χ3n) is 7.09. The van der Waals surface area contributed by atoms with E-state index in [4.69, 9.17) is 9.97 Å². The van der Waals surface area contributed by atoms with E-state index in [-0.39, 0.29) is 10.8 Å². The normalized spacial score (nSPS) is 13.0. The molecule has 0 aliphatic carbocycles. The van der Waals surface area contributed by atoms with Crippen LogP contribution in [0.5, 0.6) is 0 Å². The number of fused-ring (bicyclic) bond motifs is 4. The van der Waals surface area contributed by atoms with Crippen molar-refractivity contribution in [1.82, 2.24) is 9.97 Å². The molecule has 0 aliphatic rings. The fraction of sp³-hybridized carbons (Fsp3) is 0.400. The van der Waals surface area contributed by atoms with Crippen molar-refractivity contribution >= 4 is 53.9 Å². The summed E-state index contributed by atoms with van der Waals surface area (Å²) in [6.45, 7) is 22.4. The third-order valence-corrected chi connectivity index (χ3v) is 9.98. The summed E-state index contributed by atoms with van der Waals surface area (Å²) < 4.78 is 2.83. The summed E-state index contributed by atoms with van der Waals surface area (Å²) in [7, 11) is 0. The molecule has 0 N–H and O–H groups in total. The average molecular weight is 487 g/mol. The van der Waals surface area contributed by atoms with Gasteiger partial charge in [0.1, 0.15) is 0 Å². The van der Waals surface area contributed by atoms with Gasteiger partial charge in [-0.1, -0.05) is 53.7 Å². The van der Waals surface area contributed by atoms with E-state index in [1.54, 1.807) is 0 Å². The van der Waals surface area contributed by atoms with Crippen molar-refractivity contribution in [1.29, 1.82) is 0 Å². The minimum Gasteiger partial charge on any atom is -0.249 e. The SMILES string of the molecule is Cc1nc2c(-c3cc4c(C)c(C)c5cc(C(C)(C)C)sc5c4s3)ccc(C(C)(C)C)c2nc1C. The quantitative estimate of drug-likeness (QED) is 0.236. The second-order valence-corrected chi connectivity index (χ2v) is 13.8. The van der Waals surface area contributed by atoms with E-state index in [0.717, 1.165) is 22.4 Å². The van der Waals surface area contributed by atoms with Crippen molar-refractivity contribution < 1.29 is 0 Å². The molecule has 5 rings (SSSR count). The zero-order valence-electron chi connectivity index (χ0n) is 22.0. The highest BCUT2D eigenvalue weighted by Gasteiger charge is 2.24. The Morgan fingerprint density at radius 3 is 1.79 bits per heavy atom. The molecule has 3 heterocycles. The molecule has 0 amide bonds. The molecule has 0 fully saturated rings. The van der Waals surface area contributed by atoms with Gasteiger partial charge < -0.3 is 0 Å². The number of thiophene rings is 2. The maximum Gasteiger partial charge on any atom is 0.0979 e. The molecule has 0 bridgehead atoms. The minimum absolute atomic E-state index is 0.00745. The van der Waals surface area contributed by atoms with E-state index in [0.29, 0.717) is 0 Å². The molecule has 0 spiro atoms. The number of hydrogen-bond donors (Lipinski definition) is 0. The smallest absolute Gasteiger partial charge is 0.0979 e. The summed E-state index contributed by atoms with van der Waals surface area (Å²) in [5.74, 6) is 0. The van der Waals surface area contributed by atoms with Gasteiger partial charge in [-0.3, -0.25) is 0 Å². The first-order chi connectivity index (χ1) is 15.8. The van der Waals surface area contributed by atoms with Gasteiger partial charge >= 0.3 is 0 Å². The summed E-state index contributed by atoms with van der Waals surface area (Å²) in [4.78, 5) is 12.8.